The monoisotopic (exact) mass is 578 g/mol. The molecule has 0 bridgehead atoms. The number of esters is 1. The molecule has 2 aromatic rings. The Labute approximate surface area is 235 Å². The van der Waals surface area contributed by atoms with E-state index in [2.05, 4.69) is 5.32 Å². The van der Waals surface area contributed by atoms with Crippen molar-refractivity contribution in [2.75, 3.05) is 39.8 Å². The molecule has 0 spiro atoms. The molecule has 2 aliphatic rings. The average Bonchev–Trinajstić information content (AvgIpc) is 2.91. The van der Waals surface area contributed by atoms with Crippen LogP contribution in [0.2, 0.25) is 5.02 Å². The van der Waals surface area contributed by atoms with Gasteiger partial charge in [0.1, 0.15) is 0 Å². The lowest BCUT2D eigenvalue weighted by atomic mass is 9.93. The van der Waals surface area contributed by atoms with Crippen LogP contribution in [0.5, 0.6) is 0 Å². The van der Waals surface area contributed by atoms with Gasteiger partial charge >= 0.3 is 18.2 Å². The maximum absolute atomic E-state index is 13.2. The second-order valence-corrected chi connectivity index (χ2v) is 10.2. The lowest BCUT2D eigenvalue weighted by molar-refractivity contribution is -0.139. The Balaban J connectivity index is 1.60. The second kappa shape index (κ2) is 11.9. The van der Waals surface area contributed by atoms with E-state index in [0.29, 0.717) is 41.5 Å². The summed E-state index contributed by atoms with van der Waals surface area (Å²) in [6.45, 7) is 5.21. The van der Waals surface area contributed by atoms with E-state index in [1.54, 1.807) is 36.1 Å². The number of benzene rings is 2. The van der Waals surface area contributed by atoms with Crippen LogP contribution in [0.15, 0.2) is 59.8 Å². The van der Waals surface area contributed by atoms with E-state index >= 15 is 0 Å². The van der Waals surface area contributed by atoms with E-state index in [9.17, 15) is 27.6 Å². The predicted octanol–water partition coefficient (Wildman–Crippen LogP) is 4.72. The first-order valence-corrected chi connectivity index (χ1v) is 13.2. The summed E-state index contributed by atoms with van der Waals surface area (Å²) < 4.78 is 44.7. The Morgan fingerprint density at radius 3 is 2.30 bits per heavy atom. The molecule has 0 aromatic heterocycles. The van der Waals surface area contributed by atoms with Crippen LogP contribution in [-0.4, -0.2) is 78.5 Å². The molecule has 1 saturated heterocycles. The number of likely N-dealkylation sites (N-methyl/N-ethyl adjacent to an activating group) is 1. The third kappa shape index (κ3) is 6.26. The first-order valence-electron chi connectivity index (χ1n) is 12.8. The Morgan fingerprint density at radius 1 is 1.07 bits per heavy atom. The number of urea groups is 1. The number of nitrogens with one attached hydrogen (secondary N) is 1. The fourth-order valence-electron chi connectivity index (χ4n) is 4.96. The summed E-state index contributed by atoms with van der Waals surface area (Å²) in [4.78, 5) is 44.3. The lowest BCUT2D eigenvalue weighted by Crippen LogP contribution is -2.56. The number of alkyl halides is 3. The van der Waals surface area contributed by atoms with E-state index in [1.807, 2.05) is 11.8 Å². The number of halogens is 4. The number of hydrogen-bond acceptors (Lipinski definition) is 5. The van der Waals surface area contributed by atoms with Crippen molar-refractivity contribution in [3.05, 3.63) is 81.5 Å². The van der Waals surface area contributed by atoms with Crippen LogP contribution in [0, 0.1) is 0 Å². The first-order chi connectivity index (χ1) is 18.9. The Morgan fingerprint density at radius 2 is 1.73 bits per heavy atom. The Kier molecular flexibility index (Phi) is 8.74. The van der Waals surface area contributed by atoms with Gasteiger partial charge in [-0.2, -0.15) is 13.2 Å². The molecule has 0 unspecified atom stereocenters. The zero-order valence-electron chi connectivity index (χ0n) is 22.3. The molecule has 0 saturated carbocycles. The molecule has 2 aromatic carbocycles. The summed E-state index contributed by atoms with van der Waals surface area (Å²) >= 11 is 5.95. The summed E-state index contributed by atoms with van der Waals surface area (Å²) in [5.41, 5.74) is 0.548. The molecular weight excluding hydrogens is 549 g/mol. The van der Waals surface area contributed by atoms with Gasteiger partial charge in [-0.3, -0.25) is 14.6 Å². The molecular formula is C28H30ClF3N4O4. The minimum Gasteiger partial charge on any atom is -0.463 e. The van der Waals surface area contributed by atoms with Gasteiger partial charge < -0.3 is 15.0 Å². The molecule has 2 atom stereocenters. The summed E-state index contributed by atoms with van der Waals surface area (Å²) in [6.07, 6.45) is -4.52. The van der Waals surface area contributed by atoms with E-state index in [0.717, 1.165) is 12.1 Å². The van der Waals surface area contributed by atoms with Crippen molar-refractivity contribution in [1.82, 2.24) is 20.0 Å². The number of piperazine rings is 1. The maximum Gasteiger partial charge on any atom is 0.416 e. The number of hydrogen-bond donors (Lipinski definition) is 1. The number of carbonyl (C=O) groups excluding carboxylic acids is 3. The van der Waals surface area contributed by atoms with Crippen molar-refractivity contribution in [1.29, 1.82) is 0 Å². The smallest absolute Gasteiger partial charge is 0.416 e. The van der Waals surface area contributed by atoms with Crippen LogP contribution in [0.4, 0.5) is 18.0 Å². The van der Waals surface area contributed by atoms with Crippen molar-refractivity contribution >= 4 is 29.5 Å². The second-order valence-electron chi connectivity index (χ2n) is 9.73. The van der Waals surface area contributed by atoms with Crippen LogP contribution in [0.3, 0.4) is 0 Å². The molecule has 12 heteroatoms. The van der Waals surface area contributed by atoms with Crippen molar-refractivity contribution in [2.24, 2.45) is 0 Å². The molecule has 3 amide bonds. The van der Waals surface area contributed by atoms with Crippen LogP contribution in [0.1, 0.15) is 41.4 Å². The third-order valence-corrected chi connectivity index (χ3v) is 7.33. The van der Waals surface area contributed by atoms with Crippen LogP contribution < -0.4 is 5.32 Å². The predicted molar refractivity (Wildman–Crippen MR) is 143 cm³/mol. The van der Waals surface area contributed by atoms with Gasteiger partial charge in [0.05, 0.1) is 23.8 Å². The van der Waals surface area contributed by atoms with Gasteiger partial charge in [-0.05, 0) is 55.8 Å². The summed E-state index contributed by atoms with van der Waals surface area (Å²) in [5.74, 6) is -0.786. The lowest BCUT2D eigenvalue weighted by Gasteiger charge is -2.42. The fraction of sp³-hybridized carbons (Fsp3) is 0.393. The van der Waals surface area contributed by atoms with E-state index in [4.69, 9.17) is 16.3 Å². The highest BCUT2D eigenvalue weighted by atomic mass is 35.5. The molecule has 0 aliphatic carbocycles. The van der Waals surface area contributed by atoms with Gasteiger partial charge in [-0.1, -0.05) is 23.7 Å². The zero-order valence-corrected chi connectivity index (χ0v) is 23.1. The van der Waals surface area contributed by atoms with Crippen LogP contribution in [0.25, 0.3) is 0 Å². The van der Waals surface area contributed by atoms with Gasteiger partial charge in [0.15, 0.2) is 0 Å². The molecule has 2 aliphatic heterocycles. The van der Waals surface area contributed by atoms with E-state index in [-0.39, 0.29) is 30.7 Å². The van der Waals surface area contributed by atoms with E-state index < -0.39 is 29.8 Å². The Bertz CT molecular complexity index is 1300. The van der Waals surface area contributed by atoms with Crippen LogP contribution >= 0.6 is 11.6 Å². The highest BCUT2D eigenvalue weighted by Gasteiger charge is 2.39. The first kappa shape index (κ1) is 29.4. The number of amides is 3. The molecule has 214 valence electrons. The largest absolute Gasteiger partial charge is 0.463 e. The van der Waals surface area contributed by atoms with Gasteiger partial charge in [-0.15, -0.1) is 0 Å². The SMILES string of the molecule is CCOC(=O)C1=C(CN2CCN(C(=O)c3ccc(Cl)cc3)[C@@H](C)C2)N(C)C(=O)N[C@@H]1c1ccc(C(F)(F)F)cc1. The minimum atomic E-state index is -4.52. The van der Waals surface area contributed by atoms with E-state index in [1.165, 1.54) is 24.1 Å². The standard InChI is InChI=1S/C28H30ClF3N4O4/c1-4-40-26(38)23-22(34(3)27(39)33-24(23)18-5-9-20(10-6-18)28(30,31)32)16-35-13-14-36(17(2)15-35)25(37)19-7-11-21(29)12-8-19/h5-12,17,24H,4,13-16H2,1-3H3,(H,33,39)/t17-,24+/m0/s1. The number of rotatable bonds is 6. The van der Waals surface area contributed by atoms with Crippen molar-refractivity contribution in [3.63, 3.8) is 0 Å². The average molecular weight is 579 g/mol. The minimum absolute atomic E-state index is 0.0789. The summed E-state index contributed by atoms with van der Waals surface area (Å²) in [5, 5.41) is 3.25. The van der Waals surface area contributed by atoms with Gasteiger partial charge in [-0.25, -0.2) is 9.59 Å². The molecule has 0 radical (unpaired) electrons. The van der Waals surface area contributed by atoms with Crippen molar-refractivity contribution in [2.45, 2.75) is 32.1 Å². The maximum atomic E-state index is 13.2. The molecule has 4 rings (SSSR count). The van der Waals surface area contributed by atoms with Crippen LogP contribution in [-0.2, 0) is 15.7 Å². The molecule has 8 nitrogen and oxygen atoms in total. The van der Waals surface area contributed by atoms with Crippen molar-refractivity contribution in [3.8, 4) is 0 Å². The van der Waals surface area contributed by atoms with Gasteiger partial charge in [0.25, 0.3) is 5.91 Å². The molecule has 2 heterocycles. The number of nitrogens with zero attached hydrogens (tertiary/aromatic N) is 3. The molecule has 1 fully saturated rings. The highest BCUT2D eigenvalue weighted by molar-refractivity contribution is 6.30. The molecule has 40 heavy (non-hydrogen) atoms. The topological polar surface area (TPSA) is 82.2 Å². The van der Waals surface area contributed by atoms with Gasteiger partial charge in [0.2, 0.25) is 0 Å². The third-order valence-electron chi connectivity index (χ3n) is 7.08. The summed E-state index contributed by atoms with van der Waals surface area (Å²) in [6, 6.07) is 9.35. The van der Waals surface area contributed by atoms with Crippen molar-refractivity contribution < 1.29 is 32.3 Å². The Hall–Kier alpha value is -3.57. The fourth-order valence-corrected chi connectivity index (χ4v) is 5.09. The number of ether oxygens (including phenoxy) is 1. The summed E-state index contributed by atoms with van der Waals surface area (Å²) in [7, 11) is 1.52. The normalized spacial score (nSPS) is 20.4. The quantitative estimate of drug-likeness (QED) is 0.502. The zero-order chi connectivity index (χ0) is 29.2. The molecule has 1 N–H and O–H groups in total. The highest BCUT2D eigenvalue weighted by Crippen LogP contribution is 2.34. The van der Waals surface area contributed by atoms with Gasteiger partial charge in [0, 0.05) is 55.6 Å². The number of carbonyl (C=O) groups is 3.